The Morgan fingerprint density at radius 1 is 1.27 bits per heavy atom. The molecule has 6 heteroatoms. The van der Waals surface area contributed by atoms with Crippen LogP contribution in [0.4, 0.5) is 5.69 Å². The van der Waals surface area contributed by atoms with E-state index in [2.05, 4.69) is 27.8 Å². The summed E-state index contributed by atoms with van der Waals surface area (Å²) in [6, 6.07) is 1.67. The quantitative estimate of drug-likeness (QED) is 0.759. The van der Waals surface area contributed by atoms with Crippen LogP contribution in [0.1, 0.15) is 13.3 Å². The van der Waals surface area contributed by atoms with Crippen molar-refractivity contribution in [3.8, 4) is 0 Å². The van der Waals surface area contributed by atoms with Gasteiger partial charge in [-0.05, 0) is 19.5 Å². The normalized spacial score (nSPS) is 10.3. The van der Waals surface area contributed by atoms with Gasteiger partial charge in [0.2, 0.25) is 0 Å². The zero-order valence-electron chi connectivity index (χ0n) is 8.56. The Labute approximate surface area is 99.4 Å². The average Bonchev–Trinajstić information content (AvgIpc) is 2.23. The van der Waals surface area contributed by atoms with Gasteiger partial charge >= 0.3 is 0 Å². The molecule has 0 bridgehead atoms. The van der Waals surface area contributed by atoms with E-state index in [1.54, 1.807) is 6.07 Å². The SMILES string of the molecule is CCNCCCNc1cc(Cl)nnc1Cl. The molecule has 4 nitrogen and oxygen atoms in total. The molecule has 0 aliphatic heterocycles. The first-order valence-corrected chi connectivity index (χ1v) is 5.63. The van der Waals surface area contributed by atoms with Crippen molar-refractivity contribution < 1.29 is 0 Å². The third-order valence-electron chi connectivity index (χ3n) is 1.81. The summed E-state index contributed by atoms with van der Waals surface area (Å²) in [5.74, 6) is 0. The molecule has 0 aromatic carbocycles. The molecule has 0 radical (unpaired) electrons. The van der Waals surface area contributed by atoms with Gasteiger partial charge in [0.05, 0.1) is 5.69 Å². The third kappa shape index (κ3) is 4.64. The Morgan fingerprint density at radius 3 is 2.80 bits per heavy atom. The fraction of sp³-hybridized carbons (Fsp3) is 0.556. The lowest BCUT2D eigenvalue weighted by Crippen LogP contribution is -2.17. The summed E-state index contributed by atoms with van der Waals surface area (Å²) in [4.78, 5) is 0. The number of rotatable bonds is 6. The van der Waals surface area contributed by atoms with Gasteiger partial charge in [0.1, 0.15) is 0 Å². The molecule has 0 amide bonds. The molecule has 15 heavy (non-hydrogen) atoms. The van der Waals surface area contributed by atoms with Gasteiger partial charge in [-0.2, -0.15) is 0 Å². The summed E-state index contributed by atoms with van der Waals surface area (Å²) in [6.07, 6.45) is 1.02. The Kier molecular flexibility index (Phi) is 5.68. The Balaban J connectivity index is 2.33. The van der Waals surface area contributed by atoms with Crippen LogP contribution in [-0.2, 0) is 0 Å². The summed E-state index contributed by atoms with van der Waals surface area (Å²) < 4.78 is 0. The Hall–Kier alpha value is -0.580. The predicted molar refractivity (Wildman–Crippen MR) is 63.7 cm³/mol. The molecule has 0 saturated carbocycles. The van der Waals surface area contributed by atoms with Gasteiger partial charge in [-0.15, -0.1) is 10.2 Å². The van der Waals surface area contributed by atoms with Gasteiger partial charge < -0.3 is 10.6 Å². The minimum atomic E-state index is 0.341. The molecule has 1 aromatic heterocycles. The van der Waals surface area contributed by atoms with Crippen molar-refractivity contribution in [2.24, 2.45) is 0 Å². The van der Waals surface area contributed by atoms with E-state index in [0.29, 0.717) is 10.3 Å². The van der Waals surface area contributed by atoms with Crippen molar-refractivity contribution in [3.05, 3.63) is 16.4 Å². The standard InChI is InChI=1S/C9H14Cl2N4/c1-2-12-4-3-5-13-7-6-8(10)14-15-9(7)11/h6,12H,2-5H2,1H3,(H,13,14). The van der Waals surface area contributed by atoms with E-state index in [1.807, 2.05) is 0 Å². The highest BCUT2D eigenvalue weighted by Crippen LogP contribution is 2.20. The first-order valence-electron chi connectivity index (χ1n) is 4.87. The van der Waals surface area contributed by atoms with Gasteiger partial charge in [-0.3, -0.25) is 0 Å². The maximum absolute atomic E-state index is 5.83. The summed E-state index contributed by atoms with van der Waals surface area (Å²) >= 11 is 11.5. The number of anilines is 1. The van der Waals surface area contributed by atoms with E-state index >= 15 is 0 Å². The van der Waals surface area contributed by atoms with Crippen LogP contribution in [0.15, 0.2) is 6.07 Å². The second-order valence-electron chi connectivity index (χ2n) is 3.01. The van der Waals surface area contributed by atoms with Crippen molar-refractivity contribution in [2.45, 2.75) is 13.3 Å². The van der Waals surface area contributed by atoms with E-state index in [4.69, 9.17) is 23.2 Å². The number of hydrogen-bond donors (Lipinski definition) is 2. The van der Waals surface area contributed by atoms with Crippen molar-refractivity contribution in [1.82, 2.24) is 15.5 Å². The van der Waals surface area contributed by atoms with Crippen LogP contribution in [-0.4, -0.2) is 29.8 Å². The fourth-order valence-electron chi connectivity index (χ4n) is 1.09. The first kappa shape index (κ1) is 12.5. The minimum Gasteiger partial charge on any atom is -0.382 e. The second-order valence-corrected chi connectivity index (χ2v) is 3.75. The summed E-state index contributed by atoms with van der Waals surface area (Å²) in [5.41, 5.74) is 0.730. The highest BCUT2D eigenvalue weighted by atomic mass is 35.5. The molecule has 0 spiro atoms. The number of nitrogens with one attached hydrogen (secondary N) is 2. The molecule has 0 aliphatic rings. The van der Waals surface area contributed by atoms with Crippen LogP contribution in [0.5, 0.6) is 0 Å². The first-order chi connectivity index (χ1) is 7.24. The molecule has 1 heterocycles. The summed E-state index contributed by atoms with van der Waals surface area (Å²) in [5, 5.41) is 14.4. The van der Waals surface area contributed by atoms with E-state index in [1.165, 1.54) is 0 Å². The highest BCUT2D eigenvalue weighted by Gasteiger charge is 2.02. The summed E-state index contributed by atoms with van der Waals surface area (Å²) in [7, 11) is 0. The van der Waals surface area contributed by atoms with Crippen LogP contribution < -0.4 is 10.6 Å². The fourth-order valence-corrected chi connectivity index (χ4v) is 1.40. The second kappa shape index (κ2) is 6.82. The number of nitrogens with zero attached hydrogens (tertiary/aromatic N) is 2. The van der Waals surface area contributed by atoms with Crippen molar-refractivity contribution >= 4 is 28.9 Å². The van der Waals surface area contributed by atoms with E-state index in [9.17, 15) is 0 Å². The van der Waals surface area contributed by atoms with Crippen LogP contribution in [0.2, 0.25) is 10.3 Å². The van der Waals surface area contributed by atoms with Crippen LogP contribution in [0.3, 0.4) is 0 Å². The molecule has 0 saturated heterocycles. The number of aromatic nitrogens is 2. The predicted octanol–water partition coefficient (Wildman–Crippen LogP) is 2.19. The molecule has 0 fully saturated rings. The lowest BCUT2D eigenvalue weighted by atomic mass is 10.4. The smallest absolute Gasteiger partial charge is 0.174 e. The maximum Gasteiger partial charge on any atom is 0.174 e. The Morgan fingerprint density at radius 2 is 2.07 bits per heavy atom. The van der Waals surface area contributed by atoms with Crippen molar-refractivity contribution in [1.29, 1.82) is 0 Å². The van der Waals surface area contributed by atoms with Gasteiger partial charge in [0.25, 0.3) is 0 Å². The lowest BCUT2D eigenvalue weighted by molar-refractivity contribution is 0.688. The zero-order chi connectivity index (χ0) is 11.1. The molecular weight excluding hydrogens is 235 g/mol. The summed E-state index contributed by atoms with van der Waals surface area (Å²) in [6.45, 7) is 4.88. The average molecular weight is 249 g/mol. The van der Waals surface area contributed by atoms with Crippen LogP contribution in [0, 0.1) is 0 Å². The maximum atomic E-state index is 5.83. The van der Waals surface area contributed by atoms with Crippen molar-refractivity contribution in [2.75, 3.05) is 25.0 Å². The molecule has 2 N–H and O–H groups in total. The Bertz CT molecular complexity index is 306. The van der Waals surface area contributed by atoms with Crippen LogP contribution in [0.25, 0.3) is 0 Å². The van der Waals surface area contributed by atoms with Gasteiger partial charge in [-0.25, -0.2) is 0 Å². The molecule has 0 unspecified atom stereocenters. The zero-order valence-corrected chi connectivity index (χ0v) is 10.1. The molecular formula is C9H14Cl2N4. The van der Waals surface area contributed by atoms with Gasteiger partial charge in [0, 0.05) is 12.6 Å². The lowest BCUT2D eigenvalue weighted by Gasteiger charge is -2.07. The monoisotopic (exact) mass is 248 g/mol. The molecule has 0 atom stereocenters. The molecule has 1 aromatic rings. The van der Waals surface area contributed by atoms with E-state index in [0.717, 1.165) is 31.7 Å². The van der Waals surface area contributed by atoms with Crippen molar-refractivity contribution in [3.63, 3.8) is 0 Å². The van der Waals surface area contributed by atoms with Gasteiger partial charge in [0.15, 0.2) is 10.3 Å². The van der Waals surface area contributed by atoms with Crippen LogP contribution >= 0.6 is 23.2 Å². The molecule has 84 valence electrons. The van der Waals surface area contributed by atoms with E-state index in [-0.39, 0.29) is 0 Å². The number of hydrogen-bond acceptors (Lipinski definition) is 4. The molecule has 0 aliphatic carbocycles. The number of halogens is 2. The third-order valence-corrected chi connectivity index (χ3v) is 2.28. The van der Waals surface area contributed by atoms with Gasteiger partial charge in [-0.1, -0.05) is 30.1 Å². The van der Waals surface area contributed by atoms with E-state index < -0.39 is 0 Å². The molecule has 1 rings (SSSR count). The highest BCUT2D eigenvalue weighted by molar-refractivity contribution is 6.33. The largest absolute Gasteiger partial charge is 0.382 e. The topological polar surface area (TPSA) is 49.8 Å². The minimum absolute atomic E-state index is 0.341.